The minimum absolute atomic E-state index is 0.0193. The second kappa shape index (κ2) is 9.55. The van der Waals surface area contributed by atoms with Gasteiger partial charge in [-0.05, 0) is 40.5 Å². The minimum atomic E-state index is -0.641. The molecular formula is C26H22FN5O2. The summed E-state index contributed by atoms with van der Waals surface area (Å²) in [5, 5.41) is 15.0. The number of nitriles is 1. The molecule has 0 bridgehead atoms. The molecule has 2 aromatic carbocycles. The van der Waals surface area contributed by atoms with Crippen molar-refractivity contribution in [2.45, 2.75) is 13.1 Å². The van der Waals surface area contributed by atoms with E-state index >= 15 is 0 Å². The molecule has 4 rings (SSSR count). The van der Waals surface area contributed by atoms with E-state index in [0.717, 1.165) is 28.3 Å². The number of halogens is 1. The van der Waals surface area contributed by atoms with E-state index in [1.807, 2.05) is 44.4 Å². The van der Waals surface area contributed by atoms with E-state index in [0.29, 0.717) is 18.7 Å². The fourth-order valence-electron chi connectivity index (χ4n) is 3.54. The van der Waals surface area contributed by atoms with Crippen molar-refractivity contribution in [3.63, 3.8) is 0 Å². The second-order valence-electron chi connectivity index (χ2n) is 7.98. The van der Waals surface area contributed by atoms with Crippen LogP contribution in [0.25, 0.3) is 5.57 Å². The smallest absolute Gasteiger partial charge is 0.260 e. The van der Waals surface area contributed by atoms with Gasteiger partial charge in [0, 0.05) is 39.4 Å². The van der Waals surface area contributed by atoms with Crippen LogP contribution in [0.1, 0.15) is 32.6 Å². The first-order chi connectivity index (χ1) is 16.4. The molecular weight excluding hydrogens is 433 g/mol. The highest BCUT2D eigenvalue weighted by molar-refractivity contribution is 6.08. The molecule has 3 aromatic rings. The average Bonchev–Trinajstić information content (AvgIpc) is 3.15. The van der Waals surface area contributed by atoms with Gasteiger partial charge in [0.25, 0.3) is 5.91 Å². The molecule has 0 N–H and O–H groups in total. The van der Waals surface area contributed by atoms with Gasteiger partial charge in [-0.1, -0.05) is 30.8 Å². The predicted molar refractivity (Wildman–Crippen MR) is 127 cm³/mol. The summed E-state index contributed by atoms with van der Waals surface area (Å²) in [5.74, 6) is -1.02. The van der Waals surface area contributed by atoms with E-state index in [4.69, 9.17) is 10.00 Å². The van der Waals surface area contributed by atoms with Crippen molar-refractivity contribution in [2.24, 2.45) is 5.10 Å². The molecule has 34 heavy (non-hydrogen) atoms. The number of benzene rings is 2. The molecule has 1 aliphatic rings. The lowest BCUT2D eigenvalue weighted by Gasteiger charge is -2.16. The number of carbonyl (C=O) groups excluding carboxylic acids is 1. The van der Waals surface area contributed by atoms with Crippen molar-refractivity contribution in [1.29, 1.82) is 5.26 Å². The Morgan fingerprint density at radius 1 is 1.29 bits per heavy atom. The number of aromatic nitrogens is 1. The normalized spacial score (nSPS) is 12.5. The summed E-state index contributed by atoms with van der Waals surface area (Å²) in [6.07, 6.45) is 3.21. The maximum Gasteiger partial charge on any atom is 0.260 e. The van der Waals surface area contributed by atoms with E-state index in [9.17, 15) is 9.18 Å². The van der Waals surface area contributed by atoms with Gasteiger partial charge in [-0.15, -0.1) is 0 Å². The number of rotatable bonds is 7. The molecule has 1 aliphatic heterocycles. The number of hydrazone groups is 1. The summed E-state index contributed by atoms with van der Waals surface area (Å²) in [6, 6.07) is 15.2. The Morgan fingerprint density at radius 2 is 2.06 bits per heavy atom. The number of hydrogen-bond donors (Lipinski definition) is 0. The number of allylic oxidation sites excluding steroid dienone is 1. The van der Waals surface area contributed by atoms with E-state index in [-0.39, 0.29) is 23.1 Å². The molecule has 0 atom stereocenters. The van der Waals surface area contributed by atoms with Crippen LogP contribution in [0.15, 0.2) is 66.4 Å². The Morgan fingerprint density at radius 3 is 2.76 bits per heavy atom. The first-order valence-corrected chi connectivity index (χ1v) is 10.5. The molecule has 0 aliphatic carbocycles. The Hall–Kier alpha value is -4.51. The molecule has 0 fully saturated rings. The van der Waals surface area contributed by atoms with Crippen molar-refractivity contribution in [3.8, 4) is 17.7 Å². The largest absolute Gasteiger partial charge is 0.435 e. The highest BCUT2D eigenvalue weighted by atomic mass is 19.1. The van der Waals surface area contributed by atoms with E-state index < -0.39 is 5.82 Å². The highest BCUT2D eigenvalue weighted by Gasteiger charge is 2.32. The summed E-state index contributed by atoms with van der Waals surface area (Å²) < 4.78 is 19.8. The molecule has 170 valence electrons. The molecule has 0 unspecified atom stereocenters. The van der Waals surface area contributed by atoms with Crippen LogP contribution in [0.2, 0.25) is 0 Å². The van der Waals surface area contributed by atoms with Gasteiger partial charge in [-0.2, -0.15) is 10.4 Å². The second-order valence-corrected chi connectivity index (χ2v) is 7.98. The van der Waals surface area contributed by atoms with Crippen LogP contribution in [-0.4, -0.2) is 41.1 Å². The van der Waals surface area contributed by atoms with Crippen molar-refractivity contribution in [1.82, 2.24) is 14.9 Å². The van der Waals surface area contributed by atoms with E-state index in [1.165, 1.54) is 18.3 Å². The number of hydrogen-bond acceptors (Lipinski definition) is 6. The fourth-order valence-corrected chi connectivity index (χ4v) is 3.54. The van der Waals surface area contributed by atoms with Crippen LogP contribution in [0, 0.1) is 17.1 Å². The Labute approximate surface area is 197 Å². The number of pyridine rings is 1. The molecule has 1 amide bonds. The van der Waals surface area contributed by atoms with E-state index in [1.54, 1.807) is 22.2 Å². The van der Waals surface area contributed by atoms with Crippen LogP contribution >= 0.6 is 0 Å². The van der Waals surface area contributed by atoms with Gasteiger partial charge >= 0.3 is 0 Å². The Balaban J connectivity index is 1.51. The van der Waals surface area contributed by atoms with Crippen LogP contribution in [-0.2, 0) is 13.1 Å². The molecule has 7 nitrogen and oxygen atoms in total. The van der Waals surface area contributed by atoms with Gasteiger partial charge in [-0.25, -0.2) is 9.37 Å². The summed E-state index contributed by atoms with van der Waals surface area (Å²) in [6.45, 7) is 4.80. The lowest BCUT2D eigenvalue weighted by atomic mass is 10.1. The molecule has 0 saturated heterocycles. The molecule has 8 heteroatoms. The topological polar surface area (TPSA) is 81.8 Å². The zero-order chi connectivity index (χ0) is 24.2. The van der Waals surface area contributed by atoms with Crippen LogP contribution in [0.3, 0.4) is 0 Å². The maximum absolute atomic E-state index is 14.2. The molecule has 2 heterocycles. The van der Waals surface area contributed by atoms with Gasteiger partial charge in [-0.3, -0.25) is 4.79 Å². The third-order valence-electron chi connectivity index (χ3n) is 5.27. The lowest BCUT2D eigenvalue weighted by Crippen LogP contribution is -2.23. The standard InChI is InChI=1S/C26H22FN5O2/c1-17(14-30-31(2)3)20-7-4-18(5-8-20)15-32-16-21-10-11-29-25(24(21)26(32)33)34-23-12-19(13-28)6-9-22(23)27/h4-12,14H,1,15-16H2,2-3H3/b30-14-. The molecule has 1 aromatic heterocycles. The average molecular weight is 455 g/mol. The van der Waals surface area contributed by atoms with Crippen molar-refractivity contribution in [2.75, 3.05) is 14.1 Å². The van der Waals surface area contributed by atoms with E-state index in [2.05, 4.69) is 16.7 Å². The first-order valence-electron chi connectivity index (χ1n) is 10.5. The zero-order valence-electron chi connectivity index (χ0n) is 18.8. The van der Waals surface area contributed by atoms with Gasteiger partial charge in [0.05, 0.1) is 17.8 Å². The fraction of sp³-hybridized carbons (Fsp3) is 0.154. The minimum Gasteiger partial charge on any atom is -0.435 e. The number of amides is 1. The number of ether oxygens (including phenoxy) is 1. The van der Waals surface area contributed by atoms with Crippen molar-refractivity contribution in [3.05, 3.63) is 94.9 Å². The summed E-state index contributed by atoms with van der Waals surface area (Å²) in [7, 11) is 3.67. The molecule has 0 saturated carbocycles. The van der Waals surface area contributed by atoms with Crippen LogP contribution < -0.4 is 4.74 Å². The number of fused-ring (bicyclic) bond motifs is 1. The molecule has 0 radical (unpaired) electrons. The van der Waals surface area contributed by atoms with Gasteiger partial charge in [0.1, 0.15) is 5.56 Å². The van der Waals surface area contributed by atoms with Crippen molar-refractivity contribution < 1.29 is 13.9 Å². The summed E-state index contributed by atoms with van der Waals surface area (Å²) >= 11 is 0. The first kappa shape index (κ1) is 22.7. The van der Waals surface area contributed by atoms with Crippen LogP contribution in [0.4, 0.5) is 4.39 Å². The summed E-state index contributed by atoms with van der Waals surface area (Å²) in [4.78, 5) is 19.0. The van der Waals surface area contributed by atoms with Gasteiger partial charge < -0.3 is 14.6 Å². The molecule has 0 spiro atoms. The third kappa shape index (κ3) is 4.79. The summed E-state index contributed by atoms with van der Waals surface area (Å²) in [5.41, 5.74) is 3.96. The SMILES string of the molecule is C=C(/C=N\N(C)C)c1ccc(CN2Cc3ccnc(Oc4cc(C#N)ccc4F)c3C2=O)cc1. The Kier molecular flexibility index (Phi) is 6.37. The lowest BCUT2D eigenvalue weighted by molar-refractivity contribution is 0.0764. The number of nitrogens with zero attached hydrogens (tertiary/aromatic N) is 5. The zero-order valence-corrected chi connectivity index (χ0v) is 18.8. The predicted octanol–water partition coefficient (Wildman–Crippen LogP) is 4.60. The monoisotopic (exact) mass is 455 g/mol. The van der Waals surface area contributed by atoms with Crippen LogP contribution in [0.5, 0.6) is 11.6 Å². The van der Waals surface area contributed by atoms with Gasteiger partial charge in [0.2, 0.25) is 5.88 Å². The third-order valence-corrected chi connectivity index (χ3v) is 5.27. The maximum atomic E-state index is 14.2. The van der Waals surface area contributed by atoms with Gasteiger partial charge in [0.15, 0.2) is 11.6 Å². The van der Waals surface area contributed by atoms with Crippen molar-refractivity contribution >= 4 is 17.7 Å². The Bertz CT molecular complexity index is 1330. The number of carbonyl (C=O) groups is 1. The quantitative estimate of drug-likeness (QED) is 0.384. The highest BCUT2D eigenvalue weighted by Crippen LogP contribution is 2.34.